The summed E-state index contributed by atoms with van der Waals surface area (Å²) in [4.78, 5) is 8.33. The van der Waals surface area contributed by atoms with Crippen LogP contribution < -0.4 is 15.9 Å². The standard InChI is InChI=1S/C2H7NO.CH2O3.2Cu/c3-1-2-4;2-1(3)4;;/h4H,1-3H2;(H2,2,3,4);;/q;;2*+1/p-2. The van der Waals surface area contributed by atoms with Gasteiger partial charge in [-0.3, -0.25) is 0 Å². The Labute approximate surface area is 79.6 Å². The zero-order valence-corrected chi connectivity index (χ0v) is 6.65. The van der Waals surface area contributed by atoms with Crippen LogP contribution in [0.25, 0.3) is 0 Å². The molecule has 70 valence electrons. The van der Waals surface area contributed by atoms with Crippen LogP contribution >= 0.6 is 0 Å². The quantitative estimate of drug-likeness (QED) is 0.468. The van der Waals surface area contributed by atoms with Gasteiger partial charge in [-0.25, -0.2) is 0 Å². The molecule has 0 heterocycles. The maximum Gasteiger partial charge on any atom is 1.00 e. The number of aliphatic hydroxyl groups is 1. The van der Waals surface area contributed by atoms with Crippen molar-refractivity contribution >= 4 is 6.16 Å². The molecule has 0 aliphatic rings. The Hall–Kier alpha value is 0.229. The van der Waals surface area contributed by atoms with Crippen molar-refractivity contribution < 1.29 is 54.3 Å². The molecule has 0 aromatic heterocycles. The predicted molar refractivity (Wildman–Crippen MR) is 21.5 cm³/mol. The van der Waals surface area contributed by atoms with Crippen molar-refractivity contribution in [1.29, 1.82) is 0 Å². The van der Waals surface area contributed by atoms with Gasteiger partial charge in [-0.05, 0) is 6.16 Å². The van der Waals surface area contributed by atoms with E-state index in [0.29, 0.717) is 6.54 Å². The summed E-state index contributed by atoms with van der Waals surface area (Å²) in [5.74, 6) is 0. The van der Waals surface area contributed by atoms with Gasteiger partial charge in [-0.1, -0.05) is 0 Å². The first-order valence-corrected chi connectivity index (χ1v) is 1.84. The molecule has 0 saturated carbocycles. The van der Waals surface area contributed by atoms with Crippen LogP contribution in [0.4, 0.5) is 4.79 Å². The van der Waals surface area contributed by atoms with Crippen LogP contribution in [0.5, 0.6) is 0 Å². The normalized spacial score (nSPS) is 5.40. The average molecular weight is 248 g/mol. The molecule has 0 rings (SSSR count). The van der Waals surface area contributed by atoms with E-state index < -0.39 is 6.16 Å². The molecule has 0 bridgehead atoms. The fraction of sp³-hybridized carbons (Fsp3) is 0.667. The maximum atomic E-state index is 8.33. The Morgan fingerprint density at radius 1 is 1.40 bits per heavy atom. The molecule has 3 N–H and O–H groups in total. The monoisotopic (exact) mass is 247 g/mol. The molecule has 0 amide bonds. The van der Waals surface area contributed by atoms with Crippen LogP contribution in [0.15, 0.2) is 0 Å². The molecular formula is C3H7Cu2NO4. The smallest absolute Gasteiger partial charge is 0.652 e. The molecule has 0 aromatic rings. The molecule has 0 atom stereocenters. The number of hydrogen-bond acceptors (Lipinski definition) is 5. The molecule has 0 aliphatic heterocycles. The van der Waals surface area contributed by atoms with E-state index in [1.807, 2.05) is 0 Å². The Morgan fingerprint density at radius 3 is 1.50 bits per heavy atom. The second-order valence-corrected chi connectivity index (χ2v) is 0.762. The van der Waals surface area contributed by atoms with E-state index in [4.69, 9.17) is 25.8 Å². The minimum absolute atomic E-state index is 0. The largest absolute Gasteiger partial charge is 1.00 e. The van der Waals surface area contributed by atoms with Gasteiger partial charge in [0.2, 0.25) is 0 Å². The van der Waals surface area contributed by atoms with Crippen molar-refractivity contribution in [1.82, 2.24) is 0 Å². The van der Waals surface area contributed by atoms with Gasteiger partial charge in [0.1, 0.15) is 0 Å². The van der Waals surface area contributed by atoms with E-state index in [9.17, 15) is 0 Å². The zero-order valence-electron chi connectivity index (χ0n) is 4.77. The molecule has 0 radical (unpaired) electrons. The molecular weight excluding hydrogens is 241 g/mol. The van der Waals surface area contributed by atoms with Crippen molar-refractivity contribution in [2.75, 3.05) is 13.2 Å². The fourth-order valence-corrected chi connectivity index (χ4v) is 0. The zero-order chi connectivity index (χ0) is 6.99. The van der Waals surface area contributed by atoms with E-state index in [1.54, 1.807) is 0 Å². The van der Waals surface area contributed by atoms with Crippen LogP contribution in [0.2, 0.25) is 0 Å². The van der Waals surface area contributed by atoms with E-state index in [1.165, 1.54) is 0 Å². The van der Waals surface area contributed by atoms with Crippen LogP contribution in [-0.2, 0) is 34.1 Å². The third-order valence-electron chi connectivity index (χ3n) is 0.129. The molecule has 0 fully saturated rings. The molecule has 0 unspecified atom stereocenters. The number of carboxylic acid groups (broad SMARTS) is 2. The number of carbonyl (C=O) groups is 1. The Bertz CT molecular complexity index is 56.5. The third-order valence-corrected chi connectivity index (χ3v) is 0.129. The number of aliphatic hydroxyl groups excluding tert-OH is 1. The first kappa shape index (κ1) is 22.5. The molecule has 0 aromatic carbocycles. The van der Waals surface area contributed by atoms with Crippen molar-refractivity contribution in [3.05, 3.63) is 0 Å². The molecule has 0 saturated heterocycles. The van der Waals surface area contributed by atoms with Gasteiger partial charge in [0.15, 0.2) is 0 Å². The SMILES string of the molecule is NCCO.O=C([O-])[O-].[Cu+].[Cu+]. The summed E-state index contributed by atoms with van der Waals surface area (Å²) in [5, 5.41) is 24.4. The summed E-state index contributed by atoms with van der Waals surface area (Å²) in [6, 6.07) is 0. The second kappa shape index (κ2) is 22.9. The van der Waals surface area contributed by atoms with Crippen molar-refractivity contribution in [2.24, 2.45) is 5.73 Å². The summed E-state index contributed by atoms with van der Waals surface area (Å²) in [6.07, 6.45) is -2.33. The van der Waals surface area contributed by atoms with Crippen LogP contribution in [0, 0.1) is 0 Å². The topological polar surface area (TPSA) is 109 Å². The number of hydrogen-bond donors (Lipinski definition) is 2. The van der Waals surface area contributed by atoms with Crippen LogP contribution in [0.3, 0.4) is 0 Å². The van der Waals surface area contributed by atoms with Crippen molar-refractivity contribution in [3.8, 4) is 0 Å². The van der Waals surface area contributed by atoms with Crippen molar-refractivity contribution in [3.63, 3.8) is 0 Å². The van der Waals surface area contributed by atoms with E-state index >= 15 is 0 Å². The molecule has 0 spiro atoms. The van der Waals surface area contributed by atoms with E-state index in [0.717, 1.165) is 0 Å². The second-order valence-electron chi connectivity index (χ2n) is 0.762. The number of nitrogens with two attached hydrogens (primary N) is 1. The molecule has 0 aliphatic carbocycles. The average Bonchev–Trinajstić information content (AvgIpc) is 1.65. The van der Waals surface area contributed by atoms with Gasteiger partial charge in [0.25, 0.3) is 0 Å². The van der Waals surface area contributed by atoms with Gasteiger partial charge in [-0.2, -0.15) is 0 Å². The fourth-order valence-electron chi connectivity index (χ4n) is 0. The summed E-state index contributed by atoms with van der Waals surface area (Å²) in [5.41, 5.74) is 4.78. The Balaban J connectivity index is -0.0000000300. The van der Waals surface area contributed by atoms with Crippen molar-refractivity contribution in [2.45, 2.75) is 0 Å². The van der Waals surface area contributed by atoms with Crippen LogP contribution in [-0.4, -0.2) is 24.4 Å². The van der Waals surface area contributed by atoms with Gasteiger partial charge in [0.05, 0.1) is 6.61 Å². The van der Waals surface area contributed by atoms with E-state index in [-0.39, 0.29) is 40.7 Å². The Kier molecular flexibility index (Phi) is 51.3. The van der Waals surface area contributed by atoms with E-state index in [2.05, 4.69) is 0 Å². The molecule has 10 heavy (non-hydrogen) atoms. The van der Waals surface area contributed by atoms with Gasteiger partial charge in [0, 0.05) is 6.54 Å². The summed E-state index contributed by atoms with van der Waals surface area (Å²) in [6.45, 7) is 0.472. The first-order chi connectivity index (χ1) is 3.65. The minimum Gasteiger partial charge on any atom is -0.652 e. The summed E-state index contributed by atoms with van der Waals surface area (Å²) >= 11 is 0. The summed E-state index contributed by atoms with van der Waals surface area (Å²) in [7, 11) is 0. The third kappa shape index (κ3) is 285. The Morgan fingerprint density at radius 2 is 1.50 bits per heavy atom. The molecule has 7 heteroatoms. The number of carbonyl (C=O) groups excluding carboxylic acids is 1. The predicted octanol–water partition coefficient (Wildman–Crippen LogP) is -3.51. The summed E-state index contributed by atoms with van der Waals surface area (Å²) < 4.78 is 0. The van der Waals surface area contributed by atoms with Gasteiger partial charge < -0.3 is 25.8 Å². The minimum atomic E-state index is -2.33. The first-order valence-electron chi connectivity index (χ1n) is 1.84. The maximum absolute atomic E-state index is 8.33. The molecule has 5 nitrogen and oxygen atoms in total. The number of rotatable bonds is 1. The van der Waals surface area contributed by atoms with Crippen LogP contribution in [0.1, 0.15) is 0 Å². The van der Waals surface area contributed by atoms with Gasteiger partial charge in [-0.15, -0.1) is 0 Å². The van der Waals surface area contributed by atoms with Gasteiger partial charge >= 0.3 is 34.1 Å².